The molecule has 1 aliphatic rings. The number of rotatable bonds is 0. The topological polar surface area (TPSA) is 12.9 Å². The first kappa shape index (κ1) is 12.4. The monoisotopic (exact) mass is 323 g/mol. The van der Waals surface area contributed by atoms with Gasteiger partial charge in [0.05, 0.1) is 10.5 Å². The molecule has 0 fully saturated rings. The minimum absolute atomic E-state index is 0.910. The Morgan fingerprint density at radius 3 is 2.78 bits per heavy atom. The quantitative estimate of drug-likeness (QED) is 0.605. The van der Waals surface area contributed by atoms with Crippen molar-refractivity contribution in [1.82, 2.24) is 4.98 Å². The highest BCUT2D eigenvalue weighted by molar-refractivity contribution is 9.10. The van der Waals surface area contributed by atoms with Crippen LogP contribution in [-0.4, -0.2) is 4.98 Å². The summed E-state index contributed by atoms with van der Waals surface area (Å²) in [4.78, 5) is 4.88. The maximum atomic E-state index is 6.64. The van der Waals surface area contributed by atoms with Crippen molar-refractivity contribution < 1.29 is 0 Å². The van der Waals surface area contributed by atoms with Gasteiger partial charge in [-0.15, -0.1) is 0 Å². The predicted molar refractivity (Wildman–Crippen MR) is 80.4 cm³/mol. The van der Waals surface area contributed by atoms with Gasteiger partial charge in [-0.2, -0.15) is 0 Å². The van der Waals surface area contributed by atoms with E-state index < -0.39 is 0 Å². The Morgan fingerprint density at radius 2 is 1.94 bits per heavy atom. The molecule has 94 valence electrons. The molecule has 1 aliphatic carbocycles. The molecule has 1 aromatic carbocycles. The molecule has 0 aliphatic heterocycles. The second-order valence-corrected chi connectivity index (χ2v) is 6.23. The first-order chi connectivity index (χ1) is 8.68. The van der Waals surface area contributed by atoms with Crippen molar-refractivity contribution in [1.29, 1.82) is 0 Å². The van der Waals surface area contributed by atoms with Crippen LogP contribution in [0.5, 0.6) is 0 Å². The van der Waals surface area contributed by atoms with E-state index in [2.05, 4.69) is 35.0 Å². The van der Waals surface area contributed by atoms with Crippen molar-refractivity contribution >= 4 is 38.4 Å². The van der Waals surface area contributed by atoms with E-state index >= 15 is 0 Å². The number of pyridine rings is 1. The maximum absolute atomic E-state index is 6.64. The molecule has 0 saturated carbocycles. The van der Waals surface area contributed by atoms with E-state index in [1.165, 1.54) is 36.1 Å². The van der Waals surface area contributed by atoms with Crippen molar-refractivity contribution in [2.24, 2.45) is 0 Å². The first-order valence-electron chi connectivity index (χ1n) is 6.44. The average Bonchev–Trinajstić information content (AvgIpc) is 2.59. The lowest BCUT2D eigenvalue weighted by molar-refractivity contribution is 0.709. The lowest BCUT2D eigenvalue weighted by Gasteiger charge is -2.13. The number of aryl methyl sites for hydroxylation is 2. The zero-order valence-corrected chi connectivity index (χ0v) is 12.7. The van der Waals surface area contributed by atoms with Crippen molar-refractivity contribution in [3.63, 3.8) is 0 Å². The molecule has 0 unspecified atom stereocenters. The molecule has 3 rings (SSSR count). The molecule has 18 heavy (non-hydrogen) atoms. The molecular formula is C15H15BrClN. The summed E-state index contributed by atoms with van der Waals surface area (Å²) in [6.07, 6.45) is 5.87. The average molecular weight is 325 g/mol. The van der Waals surface area contributed by atoms with Crippen LogP contribution in [0.3, 0.4) is 0 Å². The standard InChI is InChI=1S/C15H15BrClN/c1-9-7-8-11(16)13-14(17)10-5-3-2-4-6-12(10)18-15(9)13/h7-8H,2-6H2,1H3. The minimum Gasteiger partial charge on any atom is -0.252 e. The van der Waals surface area contributed by atoms with Crippen LogP contribution in [0.4, 0.5) is 0 Å². The van der Waals surface area contributed by atoms with Crippen molar-refractivity contribution in [3.8, 4) is 0 Å². The van der Waals surface area contributed by atoms with E-state index in [9.17, 15) is 0 Å². The number of aromatic nitrogens is 1. The lowest BCUT2D eigenvalue weighted by Crippen LogP contribution is -1.99. The Morgan fingerprint density at radius 1 is 1.17 bits per heavy atom. The van der Waals surface area contributed by atoms with Gasteiger partial charge in [0.15, 0.2) is 0 Å². The summed E-state index contributed by atoms with van der Waals surface area (Å²) in [5.41, 5.74) is 4.73. The van der Waals surface area contributed by atoms with Gasteiger partial charge < -0.3 is 0 Å². The van der Waals surface area contributed by atoms with Crippen molar-refractivity contribution in [3.05, 3.63) is 38.4 Å². The van der Waals surface area contributed by atoms with Gasteiger partial charge in [-0.1, -0.05) is 40.0 Å². The van der Waals surface area contributed by atoms with Gasteiger partial charge in [0.25, 0.3) is 0 Å². The molecule has 2 aromatic rings. The van der Waals surface area contributed by atoms with E-state index in [1.54, 1.807) is 0 Å². The van der Waals surface area contributed by atoms with E-state index in [-0.39, 0.29) is 0 Å². The number of fused-ring (bicyclic) bond motifs is 2. The third kappa shape index (κ3) is 1.96. The summed E-state index contributed by atoms with van der Waals surface area (Å²) in [6.45, 7) is 2.10. The largest absolute Gasteiger partial charge is 0.252 e. The summed E-state index contributed by atoms with van der Waals surface area (Å²) in [5, 5.41) is 1.99. The van der Waals surface area contributed by atoms with Gasteiger partial charge >= 0.3 is 0 Å². The number of hydrogen-bond donors (Lipinski definition) is 0. The van der Waals surface area contributed by atoms with E-state index in [0.29, 0.717) is 0 Å². The highest BCUT2D eigenvalue weighted by atomic mass is 79.9. The van der Waals surface area contributed by atoms with Gasteiger partial charge in [0, 0.05) is 15.6 Å². The maximum Gasteiger partial charge on any atom is 0.0761 e. The van der Waals surface area contributed by atoms with Crippen molar-refractivity contribution in [2.75, 3.05) is 0 Å². The molecule has 1 heterocycles. The molecule has 0 N–H and O–H groups in total. The van der Waals surface area contributed by atoms with E-state index in [0.717, 1.165) is 33.2 Å². The Balaban J connectivity index is 2.38. The number of benzene rings is 1. The predicted octanol–water partition coefficient (Wildman–Crippen LogP) is 5.23. The van der Waals surface area contributed by atoms with Crippen molar-refractivity contribution in [2.45, 2.75) is 39.0 Å². The molecule has 3 heteroatoms. The highest BCUT2D eigenvalue weighted by Crippen LogP contribution is 2.37. The summed E-state index contributed by atoms with van der Waals surface area (Å²) >= 11 is 10.2. The first-order valence-corrected chi connectivity index (χ1v) is 7.61. The molecule has 0 amide bonds. The third-order valence-electron chi connectivity index (χ3n) is 3.75. The van der Waals surface area contributed by atoms with Crippen LogP contribution in [0.15, 0.2) is 16.6 Å². The summed E-state index contributed by atoms with van der Waals surface area (Å²) in [7, 11) is 0. The Labute approximate surface area is 121 Å². The third-order valence-corrected chi connectivity index (χ3v) is 4.83. The van der Waals surface area contributed by atoms with Crippen LogP contribution in [0, 0.1) is 6.92 Å². The second-order valence-electron chi connectivity index (χ2n) is 5.00. The highest BCUT2D eigenvalue weighted by Gasteiger charge is 2.18. The van der Waals surface area contributed by atoms with Crippen LogP contribution >= 0.6 is 27.5 Å². The second kappa shape index (κ2) is 4.82. The fraction of sp³-hybridized carbons (Fsp3) is 0.400. The van der Waals surface area contributed by atoms with Gasteiger partial charge in [-0.3, -0.25) is 4.98 Å². The Kier molecular flexibility index (Phi) is 3.33. The van der Waals surface area contributed by atoms with Gasteiger partial charge in [-0.05, 0) is 49.8 Å². The number of hydrogen-bond acceptors (Lipinski definition) is 1. The van der Waals surface area contributed by atoms with E-state index in [1.807, 2.05) is 0 Å². The normalized spacial score (nSPS) is 15.5. The van der Waals surface area contributed by atoms with E-state index in [4.69, 9.17) is 16.6 Å². The molecular weight excluding hydrogens is 310 g/mol. The fourth-order valence-electron chi connectivity index (χ4n) is 2.74. The molecule has 0 bridgehead atoms. The summed E-state index contributed by atoms with van der Waals surface area (Å²) in [6, 6.07) is 4.16. The molecule has 0 atom stereocenters. The number of halogens is 2. The molecule has 1 nitrogen and oxygen atoms in total. The Bertz CT molecular complexity index is 622. The minimum atomic E-state index is 0.910. The number of nitrogens with zero attached hydrogens (tertiary/aromatic N) is 1. The Hall–Kier alpha value is -0.600. The summed E-state index contributed by atoms with van der Waals surface area (Å²) in [5.74, 6) is 0. The van der Waals surface area contributed by atoms with Gasteiger partial charge in [-0.25, -0.2) is 0 Å². The van der Waals surface area contributed by atoms with Crippen LogP contribution in [-0.2, 0) is 12.8 Å². The van der Waals surface area contributed by atoms with Crippen LogP contribution in [0.2, 0.25) is 5.02 Å². The molecule has 0 radical (unpaired) electrons. The lowest BCUT2D eigenvalue weighted by atomic mass is 10.0. The molecule has 0 saturated heterocycles. The van der Waals surface area contributed by atoms with Crippen LogP contribution < -0.4 is 0 Å². The van der Waals surface area contributed by atoms with Crippen LogP contribution in [0.1, 0.15) is 36.1 Å². The van der Waals surface area contributed by atoms with Crippen LogP contribution in [0.25, 0.3) is 10.9 Å². The fourth-order valence-corrected chi connectivity index (χ4v) is 3.76. The SMILES string of the molecule is Cc1ccc(Br)c2c(Cl)c3c(nc12)CCCCC3. The molecule has 0 spiro atoms. The summed E-state index contributed by atoms with van der Waals surface area (Å²) < 4.78 is 1.05. The van der Waals surface area contributed by atoms with Gasteiger partial charge in [0.1, 0.15) is 0 Å². The zero-order chi connectivity index (χ0) is 12.7. The molecule has 1 aromatic heterocycles. The smallest absolute Gasteiger partial charge is 0.0761 e. The zero-order valence-electron chi connectivity index (χ0n) is 10.4. The van der Waals surface area contributed by atoms with Gasteiger partial charge in [0.2, 0.25) is 0 Å².